The lowest BCUT2D eigenvalue weighted by Crippen LogP contribution is -2.35. The van der Waals surface area contributed by atoms with Crippen LogP contribution in [0.1, 0.15) is 27.6 Å². The van der Waals surface area contributed by atoms with E-state index < -0.39 is 0 Å². The van der Waals surface area contributed by atoms with Crippen molar-refractivity contribution in [3.8, 4) is 11.5 Å². The Balaban J connectivity index is 1.80. The minimum absolute atomic E-state index is 0.0474. The van der Waals surface area contributed by atoms with Gasteiger partial charge in [0.2, 0.25) is 0 Å². The molecule has 0 aliphatic carbocycles. The van der Waals surface area contributed by atoms with Crippen molar-refractivity contribution >= 4 is 11.6 Å². The first-order valence-electron chi connectivity index (χ1n) is 9.27. The first kappa shape index (κ1) is 20.0. The van der Waals surface area contributed by atoms with Gasteiger partial charge in [-0.15, -0.1) is 0 Å². The number of rotatable bonds is 6. The van der Waals surface area contributed by atoms with E-state index in [0.717, 1.165) is 23.4 Å². The molecule has 0 bridgehead atoms. The fourth-order valence-electron chi connectivity index (χ4n) is 3.19. The van der Waals surface area contributed by atoms with Crippen molar-refractivity contribution in [2.75, 3.05) is 45.8 Å². The lowest BCUT2D eigenvalue weighted by atomic mass is 9.99. The molecule has 0 radical (unpaired) electrons. The summed E-state index contributed by atoms with van der Waals surface area (Å²) in [7, 11) is 5.38. The van der Waals surface area contributed by atoms with Crippen LogP contribution >= 0.6 is 0 Å². The standard InChI is InChI=1S/C21H27N3O4/c1-24(2)15-5-6-16(20-13-22-8-9-28-20)17(11-15)21(26)23-12-14-4-7-19(27-3)18(25)10-14/h4-7,10-11,20,22,25H,8-9,12-13H2,1-3H3,(H,23,26). The number of methoxy groups -OCH3 is 1. The molecule has 0 spiro atoms. The Labute approximate surface area is 165 Å². The van der Waals surface area contributed by atoms with Gasteiger partial charge in [-0.25, -0.2) is 0 Å². The topological polar surface area (TPSA) is 83.1 Å². The van der Waals surface area contributed by atoms with Crippen molar-refractivity contribution in [2.45, 2.75) is 12.6 Å². The molecule has 0 aromatic heterocycles. The molecule has 3 N–H and O–H groups in total. The highest BCUT2D eigenvalue weighted by Crippen LogP contribution is 2.28. The van der Waals surface area contributed by atoms with E-state index in [-0.39, 0.29) is 17.8 Å². The summed E-state index contributed by atoms with van der Waals surface area (Å²) in [6, 6.07) is 10.9. The maximum Gasteiger partial charge on any atom is 0.252 e. The van der Waals surface area contributed by atoms with Crippen LogP contribution in [-0.2, 0) is 11.3 Å². The minimum Gasteiger partial charge on any atom is -0.504 e. The SMILES string of the molecule is COc1ccc(CNC(=O)c2cc(N(C)C)ccc2C2CNCCO2)cc1O. The molecule has 1 unspecified atom stereocenters. The summed E-state index contributed by atoms with van der Waals surface area (Å²) in [5.41, 5.74) is 3.19. The van der Waals surface area contributed by atoms with Crippen LogP contribution < -0.4 is 20.3 Å². The quantitative estimate of drug-likeness (QED) is 0.706. The van der Waals surface area contributed by atoms with Gasteiger partial charge < -0.3 is 30.1 Å². The predicted molar refractivity (Wildman–Crippen MR) is 108 cm³/mol. The molecule has 1 saturated heterocycles. The average molecular weight is 385 g/mol. The molecular formula is C21H27N3O4. The third-order valence-corrected chi connectivity index (χ3v) is 4.77. The first-order chi connectivity index (χ1) is 13.5. The van der Waals surface area contributed by atoms with Crippen molar-refractivity contribution in [3.05, 3.63) is 53.1 Å². The maximum atomic E-state index is 13.0. The van der Waals surface area contributed by atoms with Gasteiger partial charge in [0.15, 0.2) is 11.5 Å². The number of hydrogen-bond acceptors (Lipinski definition) is 6. The molecule has 7 heteroatoms. The number of morpholine rings is 1. The molecule has 150 valence electrons. The zero-order valence-electron chi connectivity index (χ0n) is 16.5. The zero-order valence-corrected chi connectivity index (χ0v) is 16.5. The van der Waals surface area contributed by atoms with E-state index in [1.807, 2.05) is 43.3 Å². The molecule has 1 amide bonds. The van der Waals surface area contributed by atoms with E-state index in [1.54, 1.807) is 12.1 Å². The number of carbonyl (C=O) groups is 1. The first-order valence-corrected chi connectivity index (χ1v) is 9.27. The number of benzene rings is 2. The predicted octanol–water partition coefficient (Wildman–Crippen LogP) is 2.06. The highest BCUT2D eigenvalue weighted by Gasteiger charge is 2.22. The smallest absolute Gasteiger partial charge is 0.252 e. The van der Waals surface area contributed by atoms with Crippen LogP contribution in [0.25, 0.3) is 0 Å². The summed E-state index contributed by atoms with van der Waals surface area (Å²) in [4.78, 5) is 14.9. The molecule has 2 aromatic rings. The van der Waals surface area contributed by atoms with Gasteiger partial charge in [0.05, 0.1) is 19.8 Å². The van der Waals surface area contributed by atoms with Gasteiger partial charge in [-0.05, 0) is 35.4 Å². The lowest BCUT2D eigenvalue weighted by Gasteiger charge is -2.26. The third-order valence-electron chi connectivity index (χ3n) is 4.77. The minimum atomic E-state index is -0.178. The molecule has 28 heavy (non-hydrogen) atoms. The highest BCUT2D eigenvalue weighted by atomic mass is 16.5. The van der Waals surface area contributed by atoms with Gasteiger partial charge in [0.25, 0.3) is 5.91 Å². The van der Waals surface area contributed by atoms with Crippen molar-refractivity contribution in [1.82, 2.24) is 10.6 Å². The van der Waals surface area contributed by atoms with E-state index >= 15 is 0 Å². The van der Waals surface area contributed by atoms with Crippen molar-refractivity contribution < 1.29 is 19.4 Å². The molecule has 7 nitrogen and oxygen atoms in total. The molecule has 1 fully saturated rings. The van der Waals surface area contributed by atoms with Gasteiger partial charge in [-0.1, -0.05) is 12.1 Å². The molecule has 2 aromatic carbocycles. The fourth-order valence-corrected chi connectivity index (χ4v) is 3.19. The van der Waals surface area contributed by atoms with Crippen molar-refractivity contribution in [2.24, 2.45) is 0 Å². The summed E-state index contributed by atoms with van der Waals surface area (Å²) >= 11 is 0. The van der Waals surface area contributed by atoms with Gasteiger partial charge >= 0.3 is 0 Å². The van der Waals surface area contributed by atoms with Gasteiger partial charge in [-0.2, -0.15) is 0 Å². The van der Waals surface area contributed by atoms with Crippen LogP contribution in [0.5, 0.6) is 11.5 Å². The molecule has 1 aliphatic heterocycles. The molecule has 0 saturated carbocycles. The third kappa shape index (κ3) is 4.55. The number of phenolic OH excluding ortho intramolecular Hbond substituents is 1. The van der Waals surface area contributed by atoms with Crippen LogP contribution in [0, 0.1) is 0 Å². The molecular weight excluding hydrogens is 358 g/mol. The van der Waals surface area contributed by atoms with E-state index in [9.17, 15) is 9.90 Å². The van der Waals surface area contributed by atoms with Crippen LogP contribution in [0.15, 0.2) is 36.4 Å². The average Bonchev–Trinajstić information content (AvgIpc) is 2.72. The lowest BCUT2D eigenvalue weighted by molar-refractivity contribution is 0.0270. The molecule has 1 heterocycles. The van der Waals surface area contributed by atoms with E-state index in [4.69, 9.17) is 9.47 Å². The Morgan fingerprint density at radius 1 is 1.32 bits per heavy atom. The second-order valence-corrected chi connectivity index (χ2v) is 6.92. The number of anilines is 1. The van der Waals surface area contributed by atoms with Gasteiger partial charge in [-0.3, -0.25) is 4.79 Å². The number of hydrogen-bond donors (Lipinski definition) is 3. The zero-order chi connectivity index (χ0) is 20.1. The molecule has 1 atom stereocenters. The Kier molecular flexibility index (Phi) is 6.38. The maximum absolute atomic E-state index is 13.0. The monoisotopic (exact) mass is 385 g/mol. The Morgan fingerprint density at radius 3 is 2.79 bits per heavy atom. The van der Waals surface area contributed by atoms with Crippen LogP contribution in [0.2, 0.25) is 0 Å². The summed E-state index contributed by atoms with van der Waals surface area (Å²) in [5.74, 6) is 0.271. The number of ether oxygens (including phenoxy) is 2. The van der Waals surface area contributed by atoms with E-state index in [0.29, 0.717) is 31.0 Å². The second kappa shape index (κ2) is 8.95. The number of phenols is 1. The Hall–Kier alpha value is -2.77. The van der Waals surface area contributed by atoms with Gasteiger partial charge in [0.1, 0.15) is 0 Å². The fraction of sp³-hybridized carbons (Fsp3) is 0.381. The largest absolute Gasteiger partial charge is 0.504 e. The van der Waals surface area contributed by atoms with E-state index in [1.165, 1.54) is 7.11 Å². The van der Waals surface area contributed by atoms with Crippen molar-refractivity contribution in [3.63, 3.8) is 0 Å². The summed E-state index contributed by atoms with van der Waals surface area (Å²) < 4.78 is 10.9. The van der Waals surface area contributed by atoms with Crippen molar-refractivity contribution in [1.29, 1.82) is 0 Å². The number of carbonyl (C=O) groups excluding carboxylic acids is 1. The summed E-state index contributed by atoms with van der Waals surface area (Å²) in [6.07, 6.45) is -0.157. The van der Waals surface area contributed by atoms with Crippen LogP contribution in [0.3, 0.4) is 0 Å². The Morgan fingerprint density at radius 2 is 2.14 bits per heavy atom. The number of amides is 1. The Bertz CT molecular complexity index is 832. The summed E-state index contributed by atoms with van der Waals surface area (Å²) in [6.45, 7) is 2.40. The normalized spacial score (nSPS) is 16.5. The summed E-state index contributed by atoms with van der Waals surface area (Å²) in [5, 5.41) is 16.2. The number of nitrogens with zero attached hydrogens (tertiary/aromatic N) is 1. The number of aromatic hydroxyl groups is 1. The number of nitrogens with one attached hydrogen (secondary N) is 2. The van der Waals surface area contributed by atoms with Crippen LogP contribution in [0.4, 0.5) is 5.69 Å². The van der Waals surface area contributed by atoms with Crippen LogP contribution in [-0.4, -0.2) is 51.9 Å². The van der Waals surface area contributed by atoms with E-state index in [2.05, 4.69) is 10.6 Å². The molecule has 3 rings (SSSR count). The highest BCUT2D eigenvalue weighted by molar-refractivity contribution is 5.96. The molecule has 1 aliphatic rings. The van der Waals surface area contributed by atoms with Gasteiger partial charge in [0, 0.05) is 45.0 Å². The second-order valence-electron chi connectivity index (χ2n) is 6.92.